The number of nitrogens with one attached hydrogen (secondary N) is 1. The van der Waals surface area contributed by atoms with E-state index in [1.165, 1.54) is 103 Å². The number of nitrogens with two attached hydrogens (primary N) is 1. The first kappa shape index (κ1) is 47.9. The van der Waals surface area contributed by atoms with E-state index in [0.717, 1.165) is 51.4 Å². The molecule has 0 aromatic rings. The summed E-state index contributed by atoms with van der Waals surface area (Å²) in [6, 6.07) is -0.980. The minimum absolute atomic E-state index is 0.0482. The van der Waals surface area contributed by atoms with Gasteiger partial charge in [-0.1, -0.05) is 154 Å². The zero-order valence-corrected chi connectivity index (χ0v) is 32.4. The standard InChI is InChI=1S/C39H77N2O7P/c1-3-5-7-9-11-13-14-15-16-17-18-19-20-21-22-23-24-26-28-30-36(42)34-39(44)41-37(35-48-49(45,46)47-33-32-40)38(43)31-29-27-25-12-10-8-6-4-2/h19-20,29,31,36-38,42-43H,3-18,21-28,30,32-35,40H2,1-2H3,(H,41,44)(H,45,46)/b20-19-,31-29+. The highest BCUT2D eigenvalue weighted by atomic mass is 31.2. The zero-order chi connectivity index (χ0) is 36.3. The molecule has 6 N–H and O–H groups in total. The van der Waals surface area contributed by atoms with Gasteiger partial charge in [0.05, 0.1) is 37.9 Å². The van der Waals surface area contributed by atoms with Gasteiger partial charge in [-0.15, -0.1) is 0 Å². The molecule has 0 heterocycles. The summed E-state index contributed by atoms with van der Waals surface area (Å²) in [7, 11) is -4.39. The van der Waals surface area contributed by atoms with Gasteiger partial charge in [-0.25, -0.2) is 4.57 Å². The van der Waals surface area contributed by atoms with E-state index in [9.17, 15) is 24.5 Å². The fourth-order valence-electron chi connectivity index (χ4n) is 5.76. The maximum atomic E-state index is 12.7. The first-order valence-electron chi connectivity index (χ1n) is 20.0. The minimum Gasteiger partial charge on any atom is -0.393 e. The molecule has 0 radical (unpaired) electrons. The van der Waals surface area contributed by atoms with Crippen LogP contribution in [0.25, 0.3) is 0 Å². The summed E-state index contributed by atoms with van der Waals surface area (Å²) in [6.45, 7) is 3.91. The van der Waals surface area contributed by atoms with Gasteiger partial charge < -0.3 is 26.2 Å². The van der Waals surface area contributed by atoms with Crippen molar-refractivity contribution in [1.82, 2.24) is 5.32 Å². The largest absolute Gasteiger partial charge is 0.472 e. The molecule has 0 bridgehead atoms. The van der Waals surface area contributed by atoms with Gasteiger partial charge in [-0.3, -0.25) is 13.8 Å². The van der Waals surface area contributed by atoms with Crippen LogP contribution in [0.5, 0.6) is 0 Å². The number of hydrogen-bond donors (Lipinski definition) is 5. The van der Waals surface area contributed by atoms with Crippen LogP contribution in [0.3, 0.4) is 0 Å². The average molecular weight is 717 g/mol. The third-order valence-corrected chi connectivity index (χ3v) is 9.81. The van der Waals surface area contributed by atoms with Gasteiger partial charge in [0.1, 0.15) is 0 Å². The van der Waals surface area contributed by atoms with Crippen LogP contribution in [0.2, 0.25) is 0 Å². The second-order valence-electron chi connectivity index (χ2n) is 13.7. The minimum atomic E-state index is -4.39. The number of allylic oxidation sites excluding steroid dienone is 3. The van der Waals surface area contributed by atoms with Crippen molar-refractivity contribution >= 4 is 13.7 Å². The van der Waals surface area contributed by atoms with Crippen LogP contribution in [-0.2, 0) is 18.4 Å². The molecule has 4 unspecified atom stereocenters. The van der Waals surface area contributed by atoms with Crippen molar-refractivity contribution in [3.8, 4) is 0 Å². The third-order valence-electron chi connectivity index (χ3n) is 8.83. The van der Waals surface area contributed by atoms with Gasteiger partial charge in [0.25, 0.3) is 0 Å². The molecule has 1 amide bonds. The molecular formula is C39H77N2O7P. The van der Waals surface area contributed by atoms with Crippen LogP contribution in [0.1, 0.15) is 181 Å². The first-order valence-corrected chi connectivity index (χ1v) is 21.5. The molecule has 0 saturated carbocycles. The normalized spacial score (nSPS) is 15.1. The fourth-order valence-corrected chi connectivity index (χ4v) is 6.52. The van der Waals surface area contributed by atoms with Gasteiger partial charge >= 0.3 is 7.82 Å². The van der Waals surface area contributed by atoms with Crippen molar-refractivity contribution in [2.75, 3.05) is 19.8 Å². The number of carbonyl (C=O) groups excluding carboxylic acids is 1. The van der Waals surface area contributed by atoms with E-state index < -0.39 is 38.6 Å². The zero-order valence-electron chi connectivity index (χ0n) is 31.5. The van der Waals surface area contributed by atoms with E-state index in [1.54, 1.807) is 6.08 Å². The van der Waals surface area contributed by atoms with Gasteiger partial charge in [0.2, 0.25) is 5.91 Å². The van der Waals surface area contributed by atoms with Crippen molar-refractivity contribution in [1.29, 1.82) is 0 Å². The van der Waals surface area contributed by atoms with Crippen LogP contribution in [0.4, 0.5) is 0 Å². The van der Waals surface area contributed by atoms with Gasteiger partial charge in [0, 0.05) is 6.54 Å². The van der Waals surface area contributed by atoms with Crippen LogP contribution in [-0.4, -0.2) is 59.0 Å². The van der Waals surface area contributed by atoms with Gasteiger partial charge in [-0.05, 0) is 44.9 Å². The summed E-state index contributed by atoms with van der Waals surface area (Å²) in [5, 5.41) is 23.9. The summed E-state index contributed by atoms with van der Waals surface area (Å²) in [5.41, 5.74) is 5.33. The van der Waals surface area contributed by atoms with Gasteiger partial charge in [0.15, 0.2) is 0 Å². The lowest BCUT2D eigenvalue weighted by Gasteiger charge is -2.24. The Balaban J connectivity index is 4.22. The van der Waals surface area contributed by atoms with Crippen LogP contribution in [0, 0.1) is 0 Å². The molecule has 10 heteroatoms. The van der Waals surface area contributed by atoms with E-state index in [4.69, 9.17) is 14.8 Å². The van der Waals surface area contributed by atoms with Crippen molar-refractivity contribution in [2.45, 2.75) is 199 Å². The summed E-state index contributed by atoms with van der Waals surface area (Å²) < 4.78 is 21.9. The molecule has 0 spiro atoms. The van der Waals surface area contributed by atoms with E-state index in [-0.39, 0.29) is 19.6 Å². The Morgan fingerprint density at radius 2 is 1.14 bits per heavy atom. The predicted molar refractivity (Wildman–Crippen MR) is 204 cm³/mol. The van der Waals surface area contributed by atoms with Gasteiger partial charge in [-0.2, -0.15) is 0 Å². The number of aliphatic hydroxyl groups excluding tert-OH is 2. The smallest absolute Gasteiger partial charge is 0.393 e. The predicted octanol–water partition coefficient (Wildman–Crippen LogP) is 9.58. The molecule has 9 nitrogen and oxygen atoms in total. The molecule has 0 saturated heterocycles. The molecule has 0 aliphatic carbocycles. The molecule has 0 aliphatic heterocycles. The molecular weight excluding hydrogens is 639 g/mol. The summed E-state index contributed by atoms with van der Waals surface area (Å²) in [5.74, 6) is -0.454. The summed E-state index contributed by atoms with van der Waals surface area (Å²) in [4.78, 5) is 22.6. The monoisotopic (exact) mass is 717 g/mol. The van der Waals surface area contributed by atoms with Crippen molar-refractivity contribution in [2.24, 2.45) is 5.73 Å². The number of carbonyl (C=O) groups is 1. The molecule has 0 fully saturated rings. The molecule has 4 atom stereocenters. The molecule has 290 valence electrons. The Bertz CT molecular complexity index is 842. The number of phosphoric acid groups is 1. The first-order chi connectivity index (χ1) is 23.8. The van der Waals surface area contributed by atoms with Crippen molar-refractivity contribution in [3.63, 3.8) is 0 Å². The number of unbranched alkanes of at least 4 members (excludes halogenated alkanes) is 21. The maximum Gasteiger partial charge on any atom is 0.472 e. The van der Waals surface area contributed by atoms with E-state index >= 15 is 0 Å². The average Bonchev–Trinajstić information content (AvgIpc) is 3.07. The quantitative estimate of drug-likeness (QED) is 0.0242. The lowest BCUT2D eigenvalue weighted by Crippen LogP contribution is -2.46. The molecule has 0 rings (SSSR count). The fraction of sp³-hybridized carbons (Fsp3) is 0.872. The van der Waals surface area contributed by atoms with Crippen LogP contribution < -0.4 is 11.1 Å². The van der Waals surface area contributed by atoms with E-state index in [1.807, 2.05) is 6.08 Å². The highest BCUT2D eigenvalue weighted by Gasteiger charge is 2.27. The second kappa shape index (κ2) is 35.3. The molecule has 0 aromatic heterocycles. The summed E-state index contributed by atoms with van der Waals surface area (Å²) in [6.07, 6.45) is 35.7. The van der Waals surface area contributed by atoms with Crippen LogP contribution in [0.15, 0.2) is 24.3 Å². The SMILES string of the molecule is CCCCCCCC/C=C/C(O)C(COP(=O)(O)OCCN)NC(=O)CC(O)CCCCCCC/C=C\CCCCCCCCCCCC. The summed E-state index contributed by atoms with van der Waals surface area (Å²) >= 11 is 0. The second-order valence-corrected chi connectivity index (χ2v) is 15.1. The number of amides is 1. The van der Waals surface area contributed by atoms with Crippen molar-refractivity contribution < 1.29 is 33.5 Å². The highest BCUT2D eigenvalue weighted by molar-refractivity contribution is 7.47. The Kier molecular flexibility index (Phi) is 34.6. The maximum absolute atomic E-state index is 12.7. The van der Waals surface area contributed by atoms with Crippen LogP contribution >= 0.6 is 7.82 Å². The van der Waals surface area contributed by atoms with E-state index in [0.29, 0.717) is 6.42 Å². The Morgan fingerprint density at radius 1 is 0.694 bits per heavy atom. The molecule has 49 heavy (non-hydrogen) atoms. The highest BCUT2D eigenvalue weighted by Crippen LogP contribution is 2.43. The molecule has 0 aliphatic rings. The Labute approximate surface area is 300 Å². The number of aliphatic hydroxyl groups is 2. The third kappa shape index (κ3) is 33.8. The Morgan fingerprint density at radius 3 is 1.63 bits per heavy atom. The topological polar surface area (TPSA) is 151 Å². The molecule has 0 aromatic carbocycles. The van der Waals surface area contributed by atoms with E-state index in [2.05, 4.69) is 31.3 Å². The number of rotatable bonds is 37. The lowest BCUT2D eigenvalue weighted by molar-refractivity contribution is -0.124. The number of phosphoric ester groups is 1. The number of hydrogen-bond acceptors (Lipinski definition) is 7. The van der Waals surface area contributed by atoms with Crippen molar-refractivity contribution in [3.05, 3.63) is 24.3 Å². The lowest BCUT2D eigenvalue weighted by atomic mass is 10.0. The Hall–Kier alpha value is -1.06.